The summed E-state index contributed by atoms with van der Waals surface area (Å²) < 4.78 is 28.2. The molecule has 0 aliphatic carbocycles. The zero-order chi connectivity index (χ0) is 23.5. The van der Waals surface area contributed by atoms with E-state index in [1.165, 1.54) is 12.1 Å². The summed E-state index contributed by atoms with van der Waals surface area (Å²) in [6, 6.07) is 25.9. The highest BCUT2D eigenvalue weighted by atomic mass is 32.2. The van der Waals surface area contributed by atoms with E-state index in [0.29, 0.717) is 16.8 Å². The maximum Gasteiger partial charge on any atom is 0.261 e. The second-order valence-corrected chi connectivity index (χ2v) is 9.35. The predicted octanol–water partition coefficient (Wildman–Crippen LogP) is 5.33. The van der Waals surface area contributed by atoms with Crippen LogP contribution in [0.15, 0.2) is 114 Å². The quantitative estimate of drug-likeness (QED) is 0.343. The molecule has 0 atom stereocenters. The second-order valence-electron chi connectivity index (χ2n) is 7.66. The molecule has 5 aromatic rings. The van der Waals surface area contributed by atoms with E-state index in [4.69, 9.17) is 0 Å². The van der Waals surface area contributed by atoms with E-state index in [-0.39, 0.29) is 10.7 Å². The number of benzene rings is 3. The maximum atomic E-state index is 13.1. The lowest BCUT2D eigenvalue weighted by atomic mass is 9.95. The Morgan fingerprint density at radius 3 is 2.32 bits per heavy atom. The lowest BCUT2D eigenvalue weighted by Gasteiger charge is -2.12. The summed E-state index contributed by atoms with van der Waals surface area (Å²) in [4.78, 5) is 21.8. The number of anilines is 1. The number of aromatic nitrogens is 2. The zero-order valence-electron chi connectivity index (χ0n) is 17.9. The molecular weight excluding hydrogens is 446 g/mol. The molecule has 0 aliphatic rings. The van der Waals surface area contributed by atoms with Crippen molar-refractivity contribution in [3.63, 3.8) is 0 Å². The molecule has 6 nitrogen and oxygen atoms in total. The van der Waals surface area contributed by atoms with Crippen LogP contribution in [0.3, 0.4) is 0 Å². The molecule has 2 heterocycles. The van der Waals surface area contributed by atoms with Gasteiger partial charge in [-0.05, 0) is 60.2 Å². The molecule has 5 rings (SSSR count). The van der Waals surface area contributed by atoms with Crippen molar-refractivity contribution in [3.05, 3.63) is 121 Å². The summed E-state index contributed by atoms with van der Waals surface area (Å²) >= 11 is 0. The largest absolute Gasteiger partial charge is 0.289 e. The molecule has 0 fully saturated rings. The van der Waals surface area contributed by atoms with Gasteiger partial charge in [0.1, 0.15) is 0 Å². The Morgan fingerprint density at radius 1 is 0.735 bits per heavy atom. The second kappa shape index (κ2) is 8.88. The van der Waals surface area contributed by atoms with Crippen molar-refractivity contribution >= 4 is 32.4 Å². The molecule has 0 amide bonds. The summed E-state index contributed by atoms with van der Waals surface area (Å²) in [7, 11) is -3.74. The van der Waals surface area contributed by atoms with Crippen molar-refractivity contribution in [3.8, 4) is 11.1 Å². The number of carbonyl (C=O) groups excluding carboxylic acids is 1. The molecule has 0 spiro atoms. The van der Waals surface area contributed by atoms with Crippen LogP contribution in [0.5, 0.6) is 0 Å². The number of fused-ring (bicyclic) bond motifs is 1. The van der Waals surface area contributed by atoms with E-state index >= 15 is 0 Å². The monoisotopic (exact) mass is 465 g/mol. The van der Waals surface area contributed by atoms with Gasteiger partial charge in [-0.2, -0.15) is 0 Å². The van der Waals surface area contributed by atoms with Gasteiger partial charge >= 0.3 is 0 Å². The van der Waals surface area contributed by atoms with Gasteiger partial charge in [0.25, 0.3) is 10.0 Å². The number of hydrogen-bond donors (Lipinski definition) is 1. The number of sulfonamides is 1. The van der Waals surface area contributed by atoms with Crippen LogP contribution in [0.1, 0.15) is 15.9 Å². The van der Waals surface area contributed by atoms with Crippen LogP contribution in [0.25, 0.3) is 22.0 Å². The van der Waals surface area contributed by atoms with Crippen LogP contribution in [-0.4, -0.2) is 24.2 Å². The summed E-state index contributed by atoms with van der Waals surface area (Å²) in [5.41, 5.74) is 3.65. The topological polar surface area (TPSA) is 89.0 Å². The fourth-order valence-electron chi connectivity index (χ4n) is 3.78. The van der Waals surface area contributed by atoms with Gasteiger partial charge in [0.2, 0.25) is 0 Å². The highest BCUT2D eigenvalue weighted by Gasteiger charge is 2.16. The third kappa shape index (κ3) is 4.29. The molecule has 0 aliphatic heterocycles. The Kier molecular flexibility index (Phi) is 5.61. The van der Waals surface area contributed by atoms with Crippen LogP contribution < -0.4 is 4.72 Å². The lowest BCUT2D eigenvalue weighted by molar-refractivity contribution is 0.103. The molecular formula is C27H19N3O3S. The number of carbonyl (C=O) groups is 1. The zero-order valence-corrected chi connectivity index (χ0v) is 18.7. The van der Waals surface area contributed by atoms with Gasteiger partial charge in [0, 0.05) is 46.4 Å². The first-order chi connectivity index (χ1) is 16.5. The highest BCUT2D eigenvalue weighted by Crippen LogP contribution is 2.31. The van der Waals surface area contributed by atoms with Crippen molar-refractivity contribution < 1.29 is 13.2 Å². The van der Waals surface area contributed by atoms with Gasteiger partial charge < -0.3 is 0 Å². The van der Waals surface area contributed by atoms with E-state index in [1.807, 2.05) is 24.3 Å². The van der Waals surface area contributed by atoms with E-state index in [2.05, 4.69) is 14.7 Å². The first-order valence-electron chi connectivity index (χ1n) is 10.5. The Hall–Kier alpha value is -4.36. The molecule has 7 heteroatoms. The Bertz CT molecular complexity index is 1600. The average molecular weight is 466 g/mol. The normalized spacial score (nSPS) is 11.3. The van der Waals surface area contributed by atoms with Crippen molar-refractivity contribution in [2.45, 2.75) is 4.90 Å². The first-order valence-corrected chi connectivity index (χ1v) is 12.0. The van der Waals surface area contributed by atoms with E-state index < -0.39 is 10.0 Å². The Balaban J connectivity index is 1.59. The molecule has 0 radical (unpaired) electrons. The number of hydrogen-bond acceptors (Lipinski definition) is 5. The van der Waals surface area contributed by atoms with E-state index in [0.717, 1.165) is 22.0 Å². The minimum atomic E-state index is -3.74. The number of rotatable bonds is 6. The van der Waals surface area contributed by atoms with Gasteiger partial charge in [-0.3, -0.25) is 19.5 Å². The minimum Gasteiger partial charge on any atom is -0.289 e. The number of pyridine rings is 2. The molecule has 0 saturated heterocycles. The van der Waals surface area contributed by atoms with E-state index in [9.17, 15) is 13.2 Å². The van der Waals surface area contributed by atoms with Crippen LogP contribution in [0.2, 0.25) is 0 Å². The van der Waals surface area contributed by atoms with Crippen molar-refractivity contribution in [1.82, 2.24) is 9.97 Å². The summed E-state index contributed by atoms with van der Waals surface area (Å²) in [6.07, 6.45) is 4.86. The third-order valence-electron chi connectivity index (χ3n) is 5.39. The molecule has 0 saturated carbocycles. The van der Waals surface area contributed by atoms with Crippen LogP contribution in [0.4, 0.5) is 5.69 Å². The van der Waals surface area contributed by atoms with Gasteiger partial charge in [0.05, 0.1) is 10.4 Å². The molecule has 0 bridgehead atoms. The van der Waals surface area contributed by atoms with Crippen LogP contribution in [0, 0.1) is 0 Å². The van der Waals surface area contributed by atoms with Gasteiger partial charge in [0.15, 0.2) is 5.78 Å². The summed E-state index contributed by atoms with van der Waals surface area (Å²) in [5, 5.41) is 0.813. The van der Waals surface area contributed by atoms with Gasteiger partial charge in [-0.1, -0.05) is 36.4 Å². The van der Waals surface area contributed by atoms with Crippen LogP contribution in [-0.2, 0) is 10.0 Å². The first kappa shape index (κ1) is 21.5. The molecule has 2 aromatic heterocycles. The standard InChI is InChI=1S/C27H19N3O3S/c31-27(19-11-14-28-15-12-19)22-16-21-7-5-13-29-26(21)25(18-22)20-6-4-8-23(17-20)30-34(32,33)24-9-2-1-3-10-24/h1-18,30H. The lowest BCUT2D eigenvalue weighted by Crippen LogP contribution is -2.12. The van der Waals surface area contributed by atoms with Crippen molar-refractivity contribution in [2.24, 2.45) is 0 Å². The fraction of sp³-hybridized carbons (Fsp3) is 0. The predicted molar refractivity (Wildman–Crippen MR) is 132 cm³/mol. The highest BCUT2D eigenvalue weighted by molar-refractivity contribution is 7.92. The number of nitrogens with one attached hydrogen (secondary N) is 1. The van der Waals surface area contributed by atoms with Crippen molar-refractivity contribution in [2.75, 3.05) is 4.72 Å². The number of nitrogens with zero attached hydrogens (tertiary/aromatic N) is 2. The molecule has 3 aromatic carbocycles. The average Bonchev–Trinajstić information content (AvgIpc) is 2.88. The summed E-state index contributed by atoms with van der Waals surface area (Å²) in [6.45, 7) is 0. The minimum absolute atomic E-state index is 0.129. The van der Waals surface area contributed by atoms with Gasteiger partial charge in [-0.15, -0.1) is 0 Å². The molecule has 34 heavy (non-hydrogen) atoms. The molecule has 1 N–H and O–H groups in total. The number of ketones is 1. The smallest absolute Gasteiger partial charge is 0.261 e. The van der Waals surface area contributed by atoms with E-state index in [1.54, 1.807) is 73.2 Å². The van der Waals surface area contributed by atoms with Crippen LogP contribution >= 0.6 is 0 Å². The van der Waals surface area contributed by atoms with Crippen molar-refractivity contribution in [1.29, 1.82) is 0 Å². The molecule has 0 unspecified atom stereocenters. The SMILES string of the molecule is O=C(c1ccncc1)c1cc(-c2cccc(NS(=O)(=O)c3ccccc3)c2)c2ncccc2c1. The molecule has 166 valence electrons. The Labute approximate surface area is 197 Å². The van der Waals surface area contributed by atoms with Gasteiger partial charge in [-0.25, -0.2) is 8.42 Å². The maximum absolute atomic E-state index is 13.1. The fourth-order valence-corrected chi connectivity index (χ4v) is 4.85. The summed E-state index contributed by atoms with van der Waals surface area (Å²) in [5.74, 6) is -0.129. The third-order valence-corrected chi connectivity index (χ3v) is 6.79. The Morgan fingerprint density at radius 2 is 1.53 bits per heavy atom.